The third-order valence-electron chi connectivity index (χ3n) is 5.71. The summed E-state index contributed by atoms with van der Waals surface area (Å²) < 4.78 is 11.3. The number of carbonyl (C=O) groups is 1. The first-order valence-electron chi connectivity index (χ1n) is 11.2. The molecular formula is C26H26ClN4O3+. The van der Waals surface area contributed by atoms with Gasteiger partial charge in [0.2, 0.25) is 5.70 Å². The van der Waals surface area contributed by atoms with E-state index in [1.807, 2.05) is 75.4 Å². The van der Waals surface area contributed by atoms with Crippen molar-refractivity contribution in [2.75, 3.05) is 13.1 Å². The number of quaternary nitrogens is 1. The molecular weight excluding hydrogens is 452 g/mol. The Morgan fingerprint density at radius 2 is 1.74 bits per heavy atom. The Morgan fingerprint density at radius 1 is 1.06 bits per heavy atom. The van der Waals surface area contributed by atoms with Gasteiger partial charge in [0.05, 0.1) is 18.0 Å². The molecule has 34 heavy (non-hydrogen) atoms. The molecule has 3 aliphatic heterocycles. The predicted octanol–water partition coefficient (Wildman–Crippen LogP) is 5.84. The first-order valence-corrected chi connectivity index (χ1v) is 11.5. The summed E-state index contributed by atoms with van der Waals surface area (Å²) in [5.74, 6) is 2.26. The fourth-order valence-electron chi connectivity index (χ4n) is 4.05. The quantitative estimate of drug-likeness (QED) is 0.519. The monoisotopic (exact) mass is 477 g/mol. The summed E-state index contributed by atoms with van der Waals surface area (Å²) in [6, 6.07) is 17.3. The molecule has 0 aliphatic carbocycles. The number of fused-ring (bicyclic) bond motifs is 1. The van der Waals surface area contributed by atoms with E-state index in [1.165, 1.54) is 0 Å². The van der Waals surface area contributed by atoms with E-state index in [4.69, 9.17) is 26.2 Å². The number of amides is 1. The summed E-state index contributed by atoms with van der Waals surface area (Å²) >= 11 is 7.08. The van der Waals surface area contributed by atoms with Gasteiger partial charge in [-0.1, -0.05) is 18.2 Å². The Morgan fingerprint density at radius 3 is 2.41 bits per heavy atom. The van der Waals surface area contributed by atoms with E-state index < -0.39 is 5.60 Å². The van der Waals surface area contributed by atoms with Gasteiger partial charge in [-0.25, -0.2) is 4.79 Å². The van der Waals surface area contributed by atoms with Crippen LogP contribution in [0.1, 0.15) is 26.3 Å². The summed E-state index contributed by atoms with van der Waals surface area (Å²) in [6.45, 7) is 6.65. The molecule has 0 spiro atoms. The molecule has 0 bridgehead atoms. The van der Waals surface area contributed by atoms with E-state index in [1.54, 1.807) is 23.5 Å². The number of hydrogen-bond acceptors (Lipinski definition) is 5. The maximum Gasteiger partial charge on any atom is 0.410 e. The van der Waals surface area contributed by atoms with Crippen LogP contribution in [-0.2, 0) is 4.74 Å². The van der Waals surface area contributed by atoms with Crippen molar-refractivity contribution in [1.82, 2.24) is 4.90 Å². The average molecular weight is 478 g/mol. The highest BCUT2D eigenvalue weighted by atomic mass is 35.5. The summed E-state index contributed by atoms with van der Waals surface area (Å²) in [4.78, 5) is 23.3. The molecule has 0 N–H and O–H groups in total. The predicted molar refractivity (Wildman–Crippen MR) is 132 cm³/mol. The number of allylic oxidation sites excluding steroid dienone is 1. The highest BCUT2D eigenvalue weighted by Crippen LogP contribution is 2.42. The van der Waals surface area contributed by atoms with Gasteiger partial charge < -0.3 is 14.4 Å². The standard InChI is InChI=1S/C26H26ClN4O3/c1-26(2,3)34-25(32)30-16-19(17-30)23-22-15-28-13-14-31(22,27)24(29-23)18-9-11-21(12-10-18)33-20-7-5-4-6-8-20/h4-15,19H,16-17H2,1-3H3/q+1. The van der Waals surface area contributed by atoms with Crippen molar-refractivity contribution in [3.8, 4) is 11.5 Å². The molecule has 1 fully saturated rings. The van der Waals surface area contributed by atoms with Crippen molar-refractivity contribution in [3.63, 3.8) is 0 Å². The number of likely N-dealkylation sites (tertiary alicyclic amines) is 1. The third-order valence-corrected chi connectivity index (χ3v) is 6.17. The molecule has 8 heteroatoms. The SMILES string of the molecule is CC(C)(C)OC(=O)N1CC(C2=C3C=NC=C[N+]3(Cl)C(c3ccc(Oc4ccccc4)cc3)=N2)C1. The van der Waals surface area contributed by atoms with E-state index in [9.17, 15) is 4.79 Å². The number of aliphatic imine (C=N–C) groups is 2. The van der Waals surface area contributed by atoms with Gasteiger partial charge in [-0.15, -0.1) is 4.00 Å². The number of amidine groups is 1. The Kier molecular flexibility index (Phi) is 5.54. The molecule has 2 aromatic carbocycles. The zero-order valence-corrected chi connectivity index (χ0v) is 20.1. The molecule has 3 aliphatic rings. The van der Waals surface area contributed by atoms with Gasteiger partial charge >= 0.3 is 6.09 Å². The van der Waals surface area contributed by atoms with E-state index in [0.29, 0.717) is 18.9 Å². The molecule has 5 rings (SSSR count). The molecule has 1 atom stereocenters. The second kappa shape index (κ2) is 8.42. The Balaban J connectivity index is 1.36. The van der Waals surface area contributed by atoms with Crippen molar-refractivity contribution in [2.24, 2.45) is 15.9 Å². The van der Waals surface area contributed by atoms with Crippen LogP contribution in [0.4, 0.5) is 4.79 Å². The van der Waals surface area contributed by atoms with Crippen LogP contribution in [-0.4, -0.2) is 45.7 Å². The van der Waals surface area contributed by atoms with Crippen molar-refractivity contribution in [1.29, 1.82) is 0 Å². The van der Waals surface area contributed by atoms with Crippen molar-refractivity contribution < 1.29 is 18.3 Å². The topological polar surface area (TPSA) is 63.5 Å². The smallest absolute Gasteiger partial charge is 0.410 e. The molecule has 0 radical (unpaired) electrons. The van der Waals surface area contributed by atoms with Crippen LogP contribution >= 0.6 is 11.8 Å². The number of para-hydroxylation sites is 1. The largest absolute Gasteiger partial charge is 0.457 e. The lowest BCUT2D eigenvalue weighted by Gasteiger charge is -2.39. The third kappa shape index (κ3) is 4.24. The number of benzene rings is 2. The number of rotatable bonds is 4. The summed E-state index contributed by atoms with van der Waals surface area (Å²) in [7, 11) is 0. The molecule has 1 saturated heterocycles. The zero-order valence-electron chi connectivity index (χ0n) is 19.3. The van der Waals surface area contributed by atoms with Gasteiger partial charge in [0.25, 0.3) is 5.84 Å². The van der Waals surface area contributed by atoms with E-state index in [2.05, 4.69) is 4.99 Å². The van der Waals surface area contributed by atoms with E-state index in [-0.39, 0.29) is 16.0 Å². The Labute approximate surface area is 204 Å². The van der Waals surface area contributed by atoms with Gasteiger partial charge in [-0.05, 0) is 57.2 Å². The maximum atomic E-state index is 12.4. The number of ether oxygens (including phenoxy) is 2. The summed E-state index contributed by atoms with van der Waals surface area (Å²) in [5, 5.41) is 0. The van der Waals surface area contributed by atoms with Crippen molar-refractivity contribution in [2.45, 2.75) is 26.4 Å². The highest BCUT2D eigenvalue weighted by Gasteiger charge is 2.50. The van der Waals surface area contributed by atoms with Crippen LogP contribution in [0, 0.1) is 5.92 Å². The van der Waals surface area contributed by atoms with Crippen LogP contribution in [0.3, 0.4) is 0 Å². The molecule has 174 valence electrons. The van der Waals surface area contributed by atoms with Crippen molar-refractivity contribution in [3.05, 3.63) is 84.0 Å². The second-order valence-corrected chi connectivity index (χ2v) is 9.97. The van der Waals surface area contributed by atoms with E-state index >= 15 is 0 Å². The molecule has 3 heterocycles. The average Bonchev–Trinajstić information content (AvgIpc) is 3.06. The lowest BCUT2D eigenvalue weighted by atomic mass is 9.95. The normalized spacial score (nSPS) is 21.8. The van der Waals surface area contributed by atoms with Crippen molar-refractivity contribution >= 4 is 29.9 Å². The van der Waals surface area contributed by atoms with Crippen LogP contribution in [0.25, 0.3) is 0 Å². The van der Waals surface area contributed by atoms with Crippen LogP contribution in [0.2, 0.25) is 0 Å². The lowest BCUT2D eigenvalue weighted by molar-refractivity contribution is -0.600. The van der Waals surface area contributed by atoms with E-state index in [0.717, 1.165) is 28.5 Å². The molecule has 0 saturated carbocycles. The fourth-order valence-corrected chi connectivity index (χ4v) is 4.36. The van der Waals surface area contributed by atoms with Crippen LogP contribution in [0.5, 0.6) is 11.5 Å². The van der Waals surface area contributed by atoms with Gasteiger partial charge in [0.1, 0.15) is 29.0 Å². The molecule has 0 aromatic heterocycles. The van der Waals surface area contributed by atoms with Crippen LogP contribution in [0.15, 0.2) is 88.4 Å². The number of halogens is 1. The molecule has 2 aromatic rings. The van der Waals surface area contributed by atoms with Gasteiger partial charge in [0, 0.05) is 19.0 Å². The lowest BCUT2D eigenvalue weighted by Crippen LogP contribution is -2.52. The number of nitrogens with zero attached hydrogens (tertiary/aromatic N) is 4. The van der Waals surface area contributed by atoms with Gasteiger partial charge in [-0.3, -0.25) is 4.99 Å². The first kappa shape index (κ1) is 22.4. The summed E-state index contributed by atoms with van der Waals surface area (Å²) in [6.07, 6.45) is 4.92. The second-order valence-electron chi connectivity index (χ2n) is 9.44. The minimum Gasteiger partial charge on any atom is -0.457 e. The molecule has 1 amide bonds. The maximum absolute atomic E-state index is 12.4. The minimum atomic E-state index is -0.526. The Hall–Kier alpha value is -3.42. The van der Waals surface area contributed by atoms with Gasteiger partial charge in [0.15, 0.2) is 11.8 Å². The number of carbonyl (C=O) groups excluding carboxylic acids is 1. The highest BCUT2D eigenvalue weighted by molar-refractivity contribution is 6.20. The molecule has 1 unspecified atom stereocenters. The molecule has 7 nitrogen and oxygen atoms in total. The fraction of sp³-hybridized carbons (Fsp3) is 0.269. The Bertz CT molecular complexity index is 1220. The summed E-state index contributed by atoms with van der Waals surface area (Å²) in [5.41, 5.74) is 2.01. The number of hydrogen-bond donors (Lipinski definition) is 0. The minimum absolute atomic E-state index is 0.0647. The van der Waals surface area contributed by atoms with Gasteiger partial charge in [-0.2, -0.15) is 4.99 Å². The van der Waals surface area contributed by atoms with Crippen LogP contribution < -0.4 is 4.74 Å². The zero-order chi connectivity index (χ0) is 23.9. The first-order chi connectivity index (χ1) is 16.2.